The Morgan fingerprint density at radius 2 is 2.07 bits per heavy atom. The average Bonchev–Trinajstić information content (AvgIpc) is 2.13. The first kappa shape index (κ1) is 13.8. The van der Waals surface area contributed by atoms with E-state index in [9.17, 15) is 4.79 Å². The molecule has 0 fully saturated rings. The van der Waals surface area contributed by atoms with Crippen LogP contribution < -0.4 is 5.32 Å². The lowest BCUT2D eigenvalue weighted by Gasteiger charge is -2.24. The highest BCUT2D eigenvalue weighted by Crippen LogP contribution is 2.19. The van der Waals surface area contributed by atoms with Gasteiger partial charge in [-0.05, 0) is 18.3 Å². The molecule has 84 valence electrons. The molecular formula is C11H22ClNO. The molecule has 0 aromatic carbocycles. The summed E-state index contributed by atoms with van der Waals surface area (Å²) in [5.41, 5.74) is 0.102. The minimum absolute atomic E-state index is 0.102. The standard InChI is InChI=1S/C11H22ClNO/c1-5-9(2)10(14)13-8-11(3,4)6-7-12/h9H,5-8H2,1-4H3,(H,13,14). The zero-order valence-electron chi connectivity index (χ0n) is 9.69. The van der Waals surface area contributed by atoms with E-state index in [0.29, 0.717) is 12.4 Å². The topological polar surface area (TPSA) is 29.1 Å². The molecule has 0 aromatic rings. The largest absolute Gasteiger partial charge is 0.355 e. The lowest BCUT2D eigenvalue weighted by atomic mass is 9.90. The minimum Gasteiger partial charge on any atom is -0.355 e. The van der Waals surface area contributed by atoms with Gasteiger partial charge in [-0.25, -0.2) is 0 Å². The highest BCUT2D eigenvalue weighted by molar-refractivity contribution is 6.17. The molecule has 0 aliphatic heterocycles. The molecule has 1 atom stereocenters. The second-order valence-electron chi connectivity index (χ2n) is 4.63. The molecular weight excluding hydrogens is 198 g/mol. The van der Waals surface area contributed by atoms with Gasteiger partial charge >= 0.3 is 0 Å². The van der Waals surface area contributed by atoms with Gasteiger partial charge in [-0.15, -0.1) is 11.6 Å². The van der Waals surface area contributed by atoms with Gasteiger partial charge in [-0.1, -0.05) is 27.7 Å². The van der Waals surface area contributed by atoms with Crippen molar-refractivity contribution < 1.29 is 4.79 Å². The number of rotatable bonds is 6. The van der Waals surface area contributed by atoms with E-state index in [-0.39, 0.29) is 17.2 Å². The lowest BCUT2D eigenvalue weighted by molar-refractivity contribution is -0.125. The summed E-state index contributed by atoms with van der Waals surface area (Å²) in [6.07, 6.45) is 1.82. The third-order valence-corrected chi connectivity index (χ3v) is 2.76. The van der Waals surface area contributed by atoms with Crippen molar-refractivity contribution in [3.05, 3.63) is 0 Å². The molecule has 0 saturated heterocycles. The van der Waals surface area contributed by atoms with Gasteiger partial charge in [0.15, 0.2) is 0 Å². The Balaban J connectivity index is 3.87. The molecule has 3 heteroatoms. The van der Waals surface area contributed by atoms with Crippen LogP contribution in [0, 0.1) is 11.3 Å². The lowest BCUT2D eigenvalue weighted by Crippen LogP contribution is -2.37. The van der Waals surface area contributed by atoms with Crippen LogP contribution >= 0.6 is 11.6 Å². The average molecular weight is 220 g/mol. The number of hydrogen-bond donors (Lipinski definition) is 1. The van der Waals surface area contributed by atoms with Crippen molar-refractivity contribution in [1.29, 1.82) is 0 Å². The molecule has 0 saturated carbocycles. The van der Waals surface area contributed by atoms with Crippen molar-refractivity contribution in [2.24, 2.45) is 11.3 Å². The fourth-order valence-electron chi connectivity index (χ4n) is 1.03. The zero-order chi connectivity index (χ0) is 11.2. The number of hydrogen-bond acceptors (Lipinski definition) is 1. The fourth-order valence-corrected chi connectivity index (χ4v) is 1.54. The van der Waals surface area contributed by atoms with Crippen LogP contribution in [0.1, 0.15) is 40.5 Å². The van der Waals surface area contributed by atoms with Crippen LogP contribution in [0.2, 0.25) is 0 Å². The third kappa shape index (κ3) is 5.48. The first-order valence-corrected chi connectivity index (χ1v) is 5.80. The Bertz CT molecular complexity index is 180. The summed E-state index contributed by atoms with van der Waals surface area (Å²) in [6, 6.07) is 0. The highest BCUT2D eigenvalue weighted by Gasteiger charge is 2.19. The van der Waals surface area contributed by atoms with Crippen molar-refractivity contribution in [3.8, 4) is 0 Å². The number of alkyl halides is 1. The molecule has 2 nitrogen and oxygen atoms in total. The monoisotopic (exact) mass is 219 g/mol. The number of carbonyl (C=O) groups is 1. The van der Waals surface area contributed by atoms with E-state index in [2.05, 4.69) is 19.2 Å². The fraction of sp³-hybridized carbons (Fsp3) is 0.909. The van der Waals surface area contributed by atoms with Crippen LogP contribution in [-0.4, -0.2) is 18.3 Å². The number of carbonyl (C=O) groups excluding carboxylic acids is 1. The number of halogens is 1. The number of nitrogens with one attached hydrogen (secondary N) is 1. The predicted octanol–water partition coefficient (Wildman–Crippen LogP) is 2.80. The van der Waals surface area contributed by atoms with Gasteiger partial charge in [0.2, 0.25) is 5.91 Å². The van der Waals surface area contributed by atoms with E-state index in [4.69, 9.17) is 11.6 Å². The van der Waals surface area contributed by atoms with E-state index < -0.39 is 0 Å². The molecule has 1 amide bonds. The second-order valence-corrected chi connectivity index (χ2v) is 5.01. The quantitative estimate of drug-likeness (QED) is 0.684. The Morgan fingerprint density at radius 3 is 2.50 bits per heavy atom. The molecule has 0 heterocycles. The Labute approximate surface area is 92.4 Å². The summed E-state index contributed by atoms with van der Waals surface area (Å²) in [5.74, 6) is 0.906. The molecule has 1 unspecified atom stereocenters. The molecule has 0 bridgehead atoms. The summed E-state index contributed by atoms with van der Waals surface area (Å²) in [4.78, 5) is 11.5. The van der Waals surface area contributed by atoms with Crippen molar-refractivity contribution >= 4 is 17.5 Å². The van der Waals surface area contributed by atoms with E-state index >= 15 is 0 Å². The van der Waals surface area contributed by atoms with Crippen LogP contribution in [0.4, 0.5) is 0 Å². The number of amides is 1. The highest BCUT2D eigenvalue weighted by atomic mass is 35.5. The van der Waals surface area contributed by atoms with Crippen LogP contribution in [0.3, 0.4) is 0 Å². The maximum atomic E-state index is 11.5. The maximum absolute atomic E-state index is 11.5. The van der Waals surface area contributed by atoms with Crippen LogP contribution in [0.25, 0.3) is 0 Å². The van der Waals surface area contributed by atoms with Gasteiger partial charge in [0.05, 0.1) is 0 Å². The van der Waals surface area contributed by atoms with Crippen molar-refractivity contribution in [2.75, 3.05) is 12.4 Å². The Hall–Kier alpha value is -0.240. The normalized spacial score (nSPS) is 13.8. The summed E-state index contributed by atoms with van der Waals surface area (Å²) >= 11 is 5.68. The zero-order valence-corrected chi connectivity index (χ0v) is 10.4. The molecule has 0 aliphatic carbocycles. The first-order valence-electron chi connectivity index (χ1n) is 5.26. The Kier molecular flexibility index (Phi) is 6.17. The molecule has 0 spiro atoms. The SMILES string of the molecule is CCC(C)C(=O)NCC(C)(C)CCCl. The third-order valence-electron chi connectivity index (χ3n) is 2.57. The predicted molar refractivity (Wildman–Crippen MR) is 61.6 cm³/mol. The molecule has 0 radical (unpaired) electrons. The second kappa shape index (κ2) is 6.28. The van der Waals surface area contributed by atoms with E-state index in [1.807, 2.05) is 13.8 Å². The van der Waals surface area contributed by atoms with E-state index in [1.165, 1.54) is 0 Å². The first-order chi connectivity index (χ1) is 6.43. The van der Waals surface area contributed by atoms with Crippen molar-refractivity contribution in [3.63, 3.8) is 0 Å². The van der Waals surface area contributed by atoms with E-state index in [0.717, 1.165) is 12.8 Å². The molecule has 0 aromatic heterocycles. The minimum atomic E-state index is 0.102. The van der Waals surface area contributed by atoms with Gasteiger partial charge in [0, 0.05) is 18.3 Å². The smallest absolute Gasteiger partial charge is 0.222 e. The van der Waals surface area contributed by atoms with Gasteiger partial charge in [0.25, 0.3) is 0 Å². The summed E-state index contributed by atoms with van der Waals surface area (Å²) < 4.78 is 0. The van der Waals surface area contributed by atoms with Crippen LogP contribution in [-0.2, 0) is 4.79 Å². The van der Waals surface area contributed by atoms with Crippen LogP contribution in [0.5, 0.6) is 0 Å². The maximum Gasteiger partial charge on any atom is 0.222 e. The van der Waals surface area contributed by atoms with Gasteiger partial charge in [0.1, 0.15) is 0 Å². The van der Waals surface area contributed by atoms with Gasteiger partial charge in [-0.3, -0.25) is 4.79 Å². The molecule has 0 aliphatic rings. The molecule has 14 heavy (non-hydrogen) atoms. The molecule has 1 N–H and O–H groups in total. The Morgan fingerprint density at radius 1 is 1.50 bits per heavy atom. The molecule has 0 rings (SSSR count). The summed E-state index contributed by atoms with van der Waals surface area (Å²) in [6.45, 7) is 8.92. The summed E-state index contributed by atoms with van der Waals surface area (Å²) in [5, 5.41) is 2.96. The van der Waals surface area contributed by atoms with E-state index in [1.54, 1.807) is 0 Å². The van der Waals surface area contributed by atoms with Crippen molar-refractivity contribution in [2.45, 2.75) is 40.5 Å². The van der Waals surface area contributed by atoms with Gasteiger partial charge < -0.3 is 5.32 Å². The van der Waals surface area contributed by atoms with Gasteiger partial charge in [-0.2, -0.15) is 0 Å². The summed E-state index contributed by atoms with van der Waals surface area (Å²) in [7, 11) is 0. The van der Waals surface area contributed by atoms with Crippen molar-refractivity contribution in [1.82, 2.24) is 5.32 Å². The van der Waals surface area contributed by atoms with Crippen LogP contribution in [0.15, 0.2) is 0 Å².